The van der Waals surface area contributed by atoms with Crippen molar-refractivity contribution >= 4 is 37.3 Å². The average molecular weight is 360 g/mol. The first kappa shape index (κ1) is 16.6. The smallest absolute Gasteiger partial charge is 0.263 e. The van der Waals surface area contributed by atoms with Gasteiger partial charge in [0.05, 0.1) is 15.1 Å². The highest BCUT2D eigenvalue weighted by atomic mass is 32.2. The lowest BCUT2D eigenvalue weighted by Gasteiger charge is -2.01. The zero-order valence-corrected chi connectivity index (χ0v) is 14.7. The van der Waals surface area contributed by atoms with Crippen LogP contribution in [0, 0.1) is 0 Å². The standard InChI is InChI=1S/C17H16N2O3S2/c1-2-19-14-10-6-7-11-15(14)23-17(19)18-16(20)12-24(21,22)13-8-4-3-5-9-13/h3-11H,2,12H2,1H3. The minimum atomic E-state index is -3.68. The van der Waals surface area contributed by atoms with Gasteiger partial charge < -0.3 is 4.57 Å². The predicted octanol–water partition coefficient (Wildman–Crippen LogP) is 2.62. The number of carbonyl (C=O) groups excluding carboxylic acids is 1. The number of amides is 1. The van der Waals surface area contributed by atoms with Gasteiger partial charge in [-0.3, -0.25) is 4.79 Å². The zero-order chi connectivity index (χ0) is 17.2. The van der Waals surface area contributed by atoms with E-state index < -0.39 is 21.5 Å². The van der Waals surface area contributed by atoms with Crippen LogP contribution in [0.1, 0.15) is 6.92 Å². The number of nitrogens with zero attached hydrogens (tertiary/aromatic N) is 2. The summed E-state index contributed by atoms with van der Waals surface area (Å²) in [4.78, 5) is 16.9. The maximum absolute atomic E-state index is 12.3. The first-order chi connectivity index (χ1) is 11.5. The summed E-state index contributed by atoms with van der Waals surface area (Å²) in [5.41, 5.74) is 0.988. The van der Waals surface area contributed by atoms with Crippen molar-refractivity contribution in [2.24, 2.45) is 4.99 Å². The summed E-state index contributed by atoms with van der Waals surface area (Å²) in [6.45, 7) is 2.62. The molecule has 0 unspecified atom stereocenters. The SMILES string of the molecule is CCn1c(=NC(=O)CS(=O)(=O)c2ccccc2)sc2ccccc21. The first-order valence-corrected chi connectivity index (χ1v) is 9.92. The molecule has 24 heavy (non-hydrogen) atoms. The molecule has 1 amide bonds. The van der Waals surface area contributed by atoms with Crippen LogP contribution < -0.4 is 4.80 Å². The van der Waals surface area contributed by atoms with Gasteiger partial charge in [-0.2, -0.15) is 4.99 Å². The Hall–Kier alpha value is -2.25. The van der Waals surface area contributed by atoms with Crippen molar-refractivity contribution in [3.05, 3.63) is 59.4 Å². The molecule has 0 N–H and O–H groups in total. The Kier molecular flexibility index (Phi) is 4.64. The average Bonchev–Trinajstić information content (AvgIpc) is 2.91. The van der Waals surface area contributed by atoms with Gasteiger partial charge in [0.1, 0.15) is 5.75 Å². The molecule has 3 rings (SSSR count). The van der Waals surface area contributed by atoms with Crippen molar-refractivity contribution in [3.8, 4) is 0 Å². The molecule has 0 saturated heterocycles. The highest BCUT2D eigenvalue weighted by molar-refractivity contribution is 7.92. The minimum absolute atomic E-state index is 0.133. The second kappa shape index (κ2) is 6.70. The lowest BCUT2D eigenvalue weighted by molar-refractivity contribution is -0.115. The van der Waals surface area contributed by atoms with E-state index in [0.717, 1.165) is 10.2 Å². The largest absolute Gasteiger partial charge is 0.317 e. The number of carbonyl (C=O) groups is 1. The van der Waals surface area contributed by atoms with Crippen molar-refractivity contribution in [1.82, 2.24) is 4.57 Å². The molecule has 0 aliphatic rings. The number of thiazole rings is 1. The van der Waals surface area contributed by atoms with E-state index in [1.165, 1.54) is 23.5 Å². The van der Waals surface area contributed by atoms with Gasteiger partial charge >= 0.3 is 0 Å². The maximum Gasteiger partial charge on any atom is 0.263 e. The van der Waals surface area contributed by atoms with Crippen molar-refractivity contribution < 1.29 is 13.2 Å². The Bertz CT molecular complexity index is 1050. The van der Waals surface area contributed by atoms with Gasteiger partial charge in [0.2, 0.25) is 0 Å². The maximum atomic E-state index is 12.3. The van der Waals surface area contributed by atoms with Gasteiger partial charge in [0.25, 0.3) is 5.91 Å². The summed E-state index contributed by atoms with van der Waals surface area (Å²) in [5.74, 6) is -1.29. The van der Waals surface area contributed by atoms with Crippen LogP contribution in [0.4, 0.5) is 0 Å². The topological polar surface area (TPSA) is 68.5 Å². The Morgan fingerprint density at radius 1 is 1.08 bits per heavy atom. The zero-order valence-electron chi connectivity index (χ0n) is 13.0. The molecule has 0 spiro atoms. The third-order valence-corrected chi connectivity index (χ3v) is 6.22. The molecule has 3 aromatic rings. The Morgan fingerprint density at radius 3 is 2.46 bits per heavy atom. The lowest BCUT2D eigenvalue weighted by atomic mass is 10.3. The van der Waals surface area contributed by atoms with E-state index in [4.69, 9.17) is 0 Å². The fourth-order valence-corrected chi connectivity index (χ4v) is 4.66. The van der Waals surface area contributed by atoms with Crippen molar-refractivity contribution in [3.63, 3.8) is 0 Å². The van der Waals surface area contributed by atoms with Crippen molar-refractivity contribution in [2.45, 2.75) is 18.4 Å². The summed E-state index contributed by atoms with van der Waals surface area (Å²) in [6.07, 6.45) is 0. The van der Waals surface area contributed by atoms with Gasteiger partial charge in [-0.1, -0.05) is 41.7 Å². The number of aryl methyl sites for hydroxylation is 1. The highest BCUT2D eigenvalue weighted by Crippen LogP contribution is 2.16. The predicted molar refractivity (Wildman–Crippen MR) is 94.6 cm³/mol. The van der Waals surface area contributed by atoms with Gasteiger partial charge in [-0.25, -0.2) is 8.42 Å². The molecule has 1 heterocycles. The van der Waals surface area contributed by atoms with Crippen LogP contribution in [0.2, 0.25) is 0 Å². The summed E-state index contributed by atoms with van der Waals surface area (Å²) >= 11 is 1.38. The fraction of sp³-hybridized carbons (Fsp3) is 0.176. The number of aromatic nitrogens is 1. The van der Waals surface area contributed by atoms with E-state index in [1.807, 2.05) is 35.8 Å². The third kappa shape index (κ3) is 3.32. The quantitative estimate of drug-likeness (QED) is 0.718. The van der Waals surface area contributed by atoms with Crippen LogP contribution in [-0.2, 0) is 21.2 Å². The van der Waals surface area contributed by atoms with Gasteiger partial charge in [-0.15, -0.1) is 0 Å². The van der Waals surface area contributed by atoms with Crippen LogP contribution >= 0.6 is 11.3 Å². The van der Waals surface area contributed by atoms with E-state index in [0.29, 0.717) is 11.3 Å². The molecule has 0 atom stereocenters. The molecule has 0 aliphatic heterocycles. The summed E-state index contributed by atoms with van der Waals surface area (Å²) in [6, 6.07) is 15.7. The van der Waals surface area contributed by atoms with Crippen LogP contribution in [0.3, 0.4) is 0 Å². The molecule has 0 radical (unpaired) electrons. The molecule has 124 valence electrons. The molecular weight excluding hydrogens is 344 g/mol. The van der Waals surface area contributed by atoms with Crippen LogP contribution in [0.5, 0.6) is 0 Å². The van der Waals surface area contributed by atoms with E-state index in [9.17, 15) is 13.2 Å². The van der Waals surface area contributed by atoms with E-state index in [1.54, 1.807) is 18.2 Å². The fourth-order valence-electron chi connectivity index (χ4n) is 2.42. The number of fused-ring (bicyclic) bond motifs is 1. The van der Waals surface area contributed by atoms with Crippen LogP contribution in [0.15, 0.2) is 64.5 Å². The van der Waals surface area contributed by atoms with E-state index >= 15 is 0 Å². The second-order valence-electron chi connectivity index (χ2n) is 5.17. The second-order valence-corrected chi connectivity index (χ2v) is 8.17. The summed E-state index contributed by atoms with van der Waals surface area (Å²) < 4.78 is 27.5. The lowest BCUT2D eigenvalue weighted by Crippen LogP contribution is -2.20. The van der Waals surface area contributed by atoms with Crippen molar-refractivity contribution in [1.29, 1.82) is 0 Å². The van der Waals surface area contributed by atoms with Gasteiger partial charge in [-0.05, 0) is 31.2 Å². The molecule has 7 heteroatoms. The van der Waals surface area contributed by atoms with Crippen LogP contribution in [-0.4, -0.2) is 24.6 Å². The molecule has 0 bridgehead atoms. The monoisotopic (exact) mass is 360 g/mol. The number of hydrogen-bond acceptors (Lipinski definition) is 4. The van der Waals surface area contributed by atoms with Gasteiger partial charge in [0, 0.05) is 6.54 Å². The number of rotatable bonds is 4. The van der Waals surface area contributed by atoms with Crippen molar-refractivity contribution in [2.75, 3.05) is 5.75 Å². The Labute approximate surface area is 143 Å². The minimum Gasteiger partial charge on any atom is -0.317 e. The first-order valence-electron chi connectivity index (χ1n) is 7.45. The molecular formula is C17H16N2O3S2. The molecule has 1 aromatic heterocycles. The third-order valence-electron chi connectivity index (χ3n) is 3.54. The Balaban J connectivity index is 1.96. The van der Waals surface area contributed by atoms with Crippen LogP contribution in [0.25, 0.3) is 10.2 Å². The number of benzene rings is 2. The number of para-hydroxylation sites is 1. The molecule has 0 saturated carbocycles. The highest BCUT2D eigenvalue weighted by Gasteiger charge is 2.19. The van der Waals surface area contributed by atoms with E-state index in [-0.39, 0.29) is 4.90 Å². The molecule has 0 fully saturated rings. The summed E-state index contributed by atoms with van der Waals surface area (Å²) in [7, 11) is -3.68. The number of sulfone groups is 1. The van der Waals surface area contributed by atoms with Gasteiger partial charge in [0.15, 0.2) is 14.6 Å². The summed E-state index contributed by atoms with van der Waals surface area (Å²) in [5, 5.41) is 0. The normalized spacial score (nSPS) is 12.6. The Morgan fingerprint density at radius 2 is 1.75 bits per heavy atom. The van der Waals surface area contributed by atoms with E-state index in [2.05, 4.69) is 4.99 Å². The molecule has 0 aliphatic carbocycles. The molecule has 2 aromatic carbocycles. The number of hydrogen-bond donors (Lipinski definition) is 0. The molecule has 5 nitrogen and oxygen atoms in total.